The van der Waals surface area contributed by atoms with E-state index in [-0.39, 0.29) is 44.0 Å². The minimum atomic E-state index is -0.842. The highest BCUT2D eigenvalue weighted by atomic mass is 16.6. The van der Waals surface area contributed by atoms with Crippen molar-refractivity contribution in [3.05, 3.63) is 134 Å². The Morgan fingerprint density at radius 1 is 0.296 bits per heavy atom. The maximum Gasteiger partial charge on any atom is 0.306 e. The second-order valence-corrected chi connectivity index (χ2v) is 18.4. The molecule has 0 bridgehead atoms. The van der Waals surface area contributed by atoms with Crippen LogP contribution in [0.4, 0.5) is 0 Å². The second kappa shape index (κ2) is 58.1. The summed E-state index contributed by atoms with van der Waals surface area (Å²) < 4.78 is 16.7. The molecule has 0 aromatic rings. The van der Waals surface area contributed by atoms with Crippen molar-refractivity contribution in [2.75, 3.05) is 13.2 Å². The first-order valence-electron chi connectivity index (χ1n) is 28.7. The summed E-state index contributed by atoms with van der Waals surface area (Å²) in [6.07, 6.45) is 81.7. The zero-order valence-corrected chi connectivity index (χ0v) is 45.7. The highest BCUT2D eigenvalue weighted by molar-refractivity contribution is 5.71. The number of esters is 3. The number of ether oxygens (including phenoxy) is 3. The molecule has 71 heavy (non-hydrogen) atoms. The van der Waals surface area contributed by atoms with Gasteiger partial charge in [-0.3, -0.25) is 14.4 Å². The molecule has 0 radical (unpaired) electrons. The summed E-state index contributed by atoms with van der Waals surface area (Å²) in [5.41, 5.74) is 0. The number of carbonyl (C=O) groups excluding carboxylic acids is 3. The van der Waals surface area contributed by atoms with Gasteiger partial charge in [-0.05, 0) is 96.3 Å². The van der Waals surface area contributed by atoms with Crippen LogP contribution in [-0.2, 0) is 28.6 Å². The first-order chi connectivity index (χ1) is 35.0. The highest BCUT2D eigenvalue weighted by Crippen LogP contribution is 2.15. The molecule has 1 atom stereocenters. The molecule has 0 saturated heterocycles. The van der Waals surface area contributed by atoms with E-state index >= 15 is 0 Å². The van der Waals surface area contributed by atoms with Gasteiger partial charge in [0.15, 0.2) is 6.10 Å². The van der Waals surface area contributed by atoms with Crippen LogP contribution in [0.2, 0.25) is 0 Å². The lowest BCUT2D eigenvalue weighted by atomic mass is 10.0. The van der Waals surface area contributed by atoms with E-state index in [2.05, 4.69) is 142 Å². The van der Waals surface area contributed by atoms with Crippen LogP contribution in [0.5, 0.6) is 0 Å². The molecule has 6 heteroatoms. The lowest BCUT2D eigenvalue weighted by molar-refractivity contribution is -0.166. The summed E-state index contributed by atoms with van der Waals surface area (Å²) in [4.78, 5) is 38.1. The number of rotatable bonds is 50. The number of allylic oxidation sites excluding steroid dienone is 22. The van der Waals surface area contributed by atoms with Gasteiger partial charge in [0, 0.05) is 19.3 Å². The van der Waals surface area contributed by atoms with Crippen LogP contribution in [0.3, 0.4) is 0 Å². The average molecular weight is 982 g/mol. The molecule has 0 spiro atoms. The van der Waals surface area contributed by atoms with E-state index in [1.54, 1.807) is 0 Å². The first kappa shape index (κ1) is 66.6. The quantitative estimate of drug-likeness (QED) is 0.0262. The Morgan fingerprint density at radius 3 is 0.930 bits per heavy atom. The zero-order chi connectivity index (χ0) is 51.4. The van der Waals surface area contributed by atoms with Crippen LogP contribution < -0.4 is 0 Å². The Labute approximate surface area is 436 Å². The molecular weight excluding hydrogens is 877 g/mol. The number of hydrogen-bond donors (Lipinski definition) is 0. The monoisotopic (exact) mass is 981 g/mol. The summed E-state index contributed by atoms with van der Waals surface area (Å²) in [6.45, 7) is 6.30. The average Bonchev–Trinajstić information content (AvgIpc) is 3.37. The number of unbranched alkanes of at least 4 members (excludes halogenated alkanes) is 17. The summed E-state index contributed by atoms with van der Waals surface area (Å²) in [5, 5.41) is 0. The van der Waals surface area contributed by atoms with Crippen molar-refractivity contribution in [3.8, 4) is 0 Å². The van der Waals surface area contributed by atoms with Crippen molar-refractivity contribution in [1.29, 1.82) is 0 Å². The zero-order valence-electron chi connectivity index (χ0n) is 45.7. The van der Waals surface area contributed by atoms with Crippen LogP contribution in [0, 0.1) is 0 Å². The first-order valence-corrected chi connectivity index (χ1v) is 28.7. The normalized spacial score (nSPS) is 13.1. The Kier molecular flexibility index (Phi) is 54.5. The molecule has 0 aliphatic rings. The largest absolute Gasteiger partial charge is 0.462 e. The SMILES string of the molecule is CC/C=C/C/C=C/C/C=C/C/C=C/C/C=C/C/C=C/CCC(=O)OC[C@@H](COC(=O)CCCCCCCCCCCCCCCCCCC)OC(=O)CCC/C=C/C/C=C/C/C=C/C/C=C/C/C=C/CC. The molecule has 0 unspecified atom stereocenters. The Morgan fingerprint density at radius 2 is 0.577 bits per heavy atom. The predicted molar refractivity (Wildman–Crippen MR) is 306 cm³/mol. The van der Waals surface area contributed by atoms with Crippen molar-refractivity contribution in [2.45, 2.75) is 245 Å². The molecule has 0 rings (SSSR count). The van der Waals surface area contributed by atoms with Gasteiger partial charge in [0.05, 0.1) is 0 Å². The summed E-state index contributed by atoms with van der Waals surface area (Å²) in [5.74, 6) is -1.08. The standard InChI is InChI=1S/C65H104O6/c1-4-7-10-13-16-19-22-25-28-31-32-35-37-40-43-46-49-52-55-58-64(67)70-61-62(71-65(68)59-56-53-50-47-44-41-38-34-30-27-24-21-18-15-12-9-6-3)60-69-63(66)57-54-51-48-45-42-39-36-33-29-26-23-20-17-14-11-8-5-2/h7,9-10,12,16,18-19,21,25,27-28,30,32,35,38,40-41,43,47,49-50,52,62H,4-6,8,11,13-15,17,20,22-24,26,29,31,33-34,36-37,39,42,44-46,48,51,53-61H2,1-3H3/b10-7+,12-9+,19-16+,21-18+,28-25+,30-27+,35-32+,41-38+,43-40+,50-47+,52-49+/t62-/m1/s1. The Balaban J connectivity index is 4.59. The second-order valence-electron chi connectivity index (χ2n) is 18.4. The molecule has 0 aliphatic carbocycles. The van der Waals surface area contributed by atoms with E-state index in [1.165, 1.54) is 89.9 Å². The van der Waals surface area contributed by atoms with Gasteiger partial charge in [-0.2, -0.15) is 0 Å². The van der Waals surface area contributed by atoms with Crippen LogP contribution in [-0.4, -0.2) is 37.2 Å². The predicted octanol–water partition coefficient (Wildman–Crippen LogP) is 19.4. The van der Waals surface area contributed by atoms with Crippen molar-refractivity contribution < 1.29 is 28.6 Å². The van der Waals surface area contributed by atoms with Gasteiger partial charge in [0.2, 0.25) is 0 Å². The topological polar surface area (TPSA) is 78.9 Å². The van der Waals surface area contributed by atoms with Crippen LogP contribution in [0.1, 0.15) is 239 Å². The molecular formula is C65H104O6. The van der Waals surface area contributed by atoms with E-state index in [1.807, 2.05) is 12.2 Å². The molecule has 0 aromatic carbocycles. The van der Waals surface area contributed by atoms with E-state index in [9.17, 15) is 14.4 Å². The van der Waals surface area contributed by atoms with Gasteiger partial charge >= 0.3 is 17.9 Å². The fraction of sp³-hybridized carbons (Fsp3) is 0.615. The van der Waals surface area contributed by atoms with Gasteiger partial charge in [0.25, 0.3) is 0 Å². The lowest BCUT2D eigenvalue weighted by Gasteiger charge is -2.18. The van der Waals surface area contributed by atoms with Crippen molar-refractivity contribution in [3.63, 3.8) is 0 Å². The molecule has 6 nitrogen and oxygen atoms in total. The number of hydrogen-bond acceptors (Lipinski definition) is 6. The summed E-state index contributed by atoms with van der Waals surface area (Å²) >= 11 is 0. The lowest BCUT2D eigenvalue weighted by Crippen LogP contribution is -2.30. The maximum absolute atomic E-state index is 12.8. The third-order valence-electron chi connectivity index (χ3n) is 11.7. The smallest absolute Gasteiger partial charge is 0.306 e. The van der Waals surface area contributed by atoms with E-state index < -0.39 is 6.10 Å². The maximum atomic E-state index is 12.8. The summed E-state index contributed by atoms with van der Waals surface area (Å²) in [6, 6.07) is 0. The van der Waals surface area contributed by atoms with E-state index in [0.717, 1.165) is 96.3 Å². The van der Waals surface area contributed by atoms with Crippen LogP contribution in [0.15, 0.2) is 134 Å². The fourth-order valence-electron chi connectivity index (χ4n) is 7.44. The molecule has 0 saturated carbocycles. The van der Waals surface area contributed by atoms with Crippen molar-refractivity contribution in [2.24, 2.45) is 0 Å². The van der Waals surface area contributed by atoms with E-state index in [4.69, 9.17) is 14.2 Å². The minimum absolute atomic E-state index is 0.126. The molecule has 0 N–H and O–H groups in total. The van der Waals surface area contributed by atoms with Gasteiger partial charge in [-0.25, -0.2) is 0 Å². The fourth-order valence-corrected chi connectivity index (χ4v) is 7.44. The van der Waals surface area contributed by atoms with Gasteiger partial charge < -0.3 is 14.2 Å². The number of carbonyl (C=O) groups is 3. The van der Waals surface area contributed by atoms with Crippen molar-refractivity contribution in [1.82, 2.24) is 0 Å². The molecule has 0 aliphatic heterocycles. The molecule has 0 fully saturated rings. The van der Waals surface area contributed by atoms with Crippen molar-refractivity contribution >= 4 is 17.9 Å². The third-order valence-corrected chi connectivity index (χ3v) is 11.7. The van der Waals surface area contributed by atoms with E-state index in [0.29, 0.717) is 19.3 Å². The Hall–Kier alpha value is -4.45. The Bertz CT molecular complexity index is 1550. The highest BCUT2D eigenvalue weighted by Gasteiger charge is 2.19. The van der Waals surface area contributed by atoms with Gasteiger partial charge in [-0.15, -0.1) is 0 Å². The van der Waals surface area contributed by atoms with Crippen LogP contribution >= 0.6 is 0 Å². The third kappa shape index (κ3) is 56.3. The van der Waals surface area contributed by atoms with Gasteiger partial charge in [0.1, 0.15) is 13.2 Å². The molecule has 0 heterocycles. The summed E-state index contributed by atoms with van der Waals surface area (Å²) in [7, 11) is 0. The molecule has 0 amide bonds. The molecule has 0 aromatic heterocycles. The molecule has 400 valence electrons. The minimum Gasteiger partial charge on any atom is -0.462 e. The van der Waals surface area contributed by atoms with Gasteiger partial charge in [-0.1, -0.05) is 257 Å². The van der Waals surface area contributed by atoms with Crippen LogP contribution in [0.25, 0.3) is 0 Å².